The lowest BCUT2D eigenvalue weighted by atomic mass is 9.72. The summed E-state index contributed by atoms with van der Waals surface area (Å²) >= 11 is 0. The Hall–Kier alpha value is -0.380. The van der Waals surface area contributed by atoms with Crippen LogP contribution in [-0.4, -0.2) is 52.7 Å². The van der Waals surface area contributed by atoms with Gasteiger partial charge in [-0.15, -0.1) is 0 Å². The standard InChI is InChI=1S/C47H83N3/c1-34-5-22-42(23-6-34)49(43-24-7-35(2)8-25-43)44-30-17-39(18-31-44)14-13-38-15-19-40(20-16-38)41-21-32-47(48-33-41)50(45-26-9-36(3)10-27-45)46-28-11-37(4)12-29-46/h13-14,34-48H,5-12,15-33H2,1-4H3/b14-13+. The Balaban J connectivity index is 0.848. The van der Waals surface area contributed by atoms with E-state index in [1.807, 2.05) is 0 Å². The summed E-state index contributed by atoms with van der Waals surface area (Å²) in [5, 5.41) is 4.23. The summed E-state index contributed by atoms with van der Waals surface area (Å²) in [4.78, 5) is 6.26. The molecule has 1 aliphatic heterocycles. The van der Waals surface area contributed by atoms with Gasteiger partial charge in [0.05, 0.1) is 6.17 Å². The van der Waals surface area contributed by atoms with Gasteiger partial charge in [0.25, 0.3) is 0 Å². The van der Waals surface area contributed by atoms with E-state index in [1.165, 1.54) is 173 Å². The number of rotatable bonds is 9. The van der Waals surface area contributed by atoms with Crippen molar-refractivity contribution in [1.29, 1.82) is 0 Å². The van der Waals surface area contributed by atoms with E-state index < -0.39 is 0 Å². The van der Waals surface area contributed by atoms with Crippen LogP contribution in [0.3, 0.4) is 0 Å². The first-order valence-electron chi connectivity index (χ1n) is 23.4. The molecule has 7 aliphatic rings. The Bertz CT molecular complexity index is 939. The van der Waals surface area contributed by atoms with Crippen LogP contribution >= 0.6 is 0 Å². The Morgan fingerprint density at radius 2 is 0.660 bits per heavy atom. The molecule has 7 fully saturated rings. The van der Waals surface area contributed by atoms with Gasteiger partial charge in [0.15, 0.2) is 0 Å². The van der Waals surface area contributed by atoms with Crippen LogP contribution in [0.5, 0.6) is 0 Å². The predicted molar refractivity (Wildman–Crippen MR) is 214 cm³/mol. The maximum absolute atomic E-state index is 4.23. The summed E-state index contributed by atoms with van der Waals surface area (Å²) in [5.41, 5.74) is 0. The summed E-state index contributed by atoms with van der Waals surface area (Å²) in [5.74, 6) is 7.43. The number of piperidine rings is 1. The molecular weight excluding hydrogens is 607 g/mol. The van der Waals surface area contributed by atoms with Crippen LogP contribution in [0.15, 0.2) is 12.2 Å². The maximum Gasteiger partial charge on any atom is 0.0602 e. The molecule has 7 rings (SSSR count). The number of allylic oxidation sites excluding steroid dienone is 2. The maximum atomic E-state index is 4.23. The molecule has 0 aromatic rings. The lowest BCUT2D eigenvalue weighted by Gasteiger charge is -2.50. The van der Waals surface area contributed by atoms with Crippen LogP contribution in [0.4, 0.5) is 0 Å². The predicted octanol–water partition coefficient (Wildman–Crippen LogP) is 12.2. The molecule has 1 saturated heterocycles. The molecule has 3 nitrogen and oxygen atoms in total. The van der Waals surface area contributed by atoms with Gasteiger partial charge < -0.3 is 5.32 Å². The lowest BCUT2D eigenvalue weighted by molar-refractivity contribution is -0.00936. The van der Waals surface area contributed by atoms with E-state index in [9.17, 15) is 0 Å². The highest BCUT2D eigenvalue weighted by Crippen LogP contribution is 2.42. The van der Waals surface area contributed by atoms with Crippen LogP contribution in [0, 0.1) is 47.3 Å². The zero-order chi connectivity index (χ0) is 34.5. The van der Waals surface area contributed by atoms with Gasteiger partial charge in [0.2, 0.25) is 0 Å². The minimum Gasteiger partial charge on any atom is -0.301 e. The smallest absolute Gasteiger partial charge is 0.0602 e. The average Bonchev–Trinajstić information content (AvgIpc) is 3.15. The van der Waals surface area contributed by atoms with Crippen molar-refractivity contribution < 1.29 is 0 Å². The lowest BCUT2D eigenvalue weighted by Crippen LogP contribution is -2.59. The number of nitrogens with zero attached hydrogens (tertiary/aromatic N) is 2. The molecular formula is C47H83N3. The highest BCUT2D eigenvalue weighted by molar-refractivity contribution is 5.00. The molecule has 2 unspecified atom stereocenters. The zero-order valence-electron chi connectivity index (χ0n) is 33.7. The second-order valence-corrected chi connectivity index (χ2v) is 20.4. The Labute approximate surface area is 311 Å². The fourth-order valence-corrected chi connectivity index (χ4v) is 13.1. The van der Waals surface area contributed by atoms with E-state index in [-0.39, 0.29) is 0 Å². The summed E-state index contributed by atoms with van der Waals surface area (Å²) < 4.78 is 0. The van der Waals surface area contributed by atoms with Crippen LogP contribution in [0.1, 0.15) is 195 Å². The molecule has 6 saturated carbocycles. The minimum atomic E-state index is 0.655. The molecule has 1 N–H and O–H groups in total. The highest BCUT2D eigenvalue weighted by Gasteiger charge is 2.40. The largest absolute Gasteiger partial charge is 0.301 e. The Morgan fingerprint density at radius 1 is 0.340 bits per heavy atom. The second kappa shape index (κ2) is 18.3. The third-order valence-corrected chi connectivity index (χ3v) is 16.7. The van der Waals surface area contributed by atoms with E-state index in [4.69, 9.17) is 0 Å². The number of hydrogen-bond acceptors (Lipinski definition) is 3. The molecule has 1 heterocycles. The first-order valence-corrected chi connectivity index (χ1v) is 23.4. The molecule has 2 atom stereocenters. The summed E-state index contributed by atoms with van der Waals surface area (Å²) in [7, 11) is 0. The van der Waals surface area contributed by atoms with E-state index in [0.717, 1.165) is 77.6 Å². The molecule has 0 spiro atoms. The first-order chi connectivity index (χ1) is 24.4. The molecule has 0 bridgehead atoms. The van der Waals surface area contributed by atoms with Crippen molar-refractivity contribution in [1.82, 2.24) is 15.1 Å². The van der Waals surface area contributed by atoms with E-state index >= 15 is 0 Å². The molecule has 3 heteroatoms. The Morgan fingerprint density at radius 3 is 1.02 bits per heavy atom. The van der Waals surface area contributed by atoms with Crippen LogP contribution < -0.4 is 5.32 Å². The molecule has 50 heavy (non-hydrogen) atoms. The van der Waals surface area contributed by atoms with E-state index in [0.29, 0.717) is 6.17 Å². The normalized spacial score (nSPS) is 45.6. The van der Waals surface area contributed by atoms with Crippen LogP contribution in [0.25, 0.3) is 0 Å². The van der Waals surface area contributed by atoms with Gasteiger partial charge in [-0.3, -0.25) is 9.80 Å². The van der Waals surface area contributed by atoms with Crippen molar-refractivity contribution in [2.75, 3.05) is 6.54 Å². The van der Waals surface area contributed by atoms with Gasteiger partial charge in [-0.1, -0.05) is 39.8 Å². The van der Waals surface area contributed by atoms with Crippen molar-refractivity contribution in [3.05, 3.63) is 12.2 Å². The molecule has 6 aliphatic carbocycles. The molecule has 286 valence electrons. The SMILES string of the molecule is CC1CCC(N(C2CCC(C)CC2)C2CCC(/C=C/C3CCC(C4CCC(N(C5CCC(C)CC5)C5CCC(C)CC5)NC4)CC3)CC2)CC1. The third-order valence-electron chi connectivity index (χ3n) is 16.7. The van der Waals surface area contributed by atoms with Crippen molar-refractivity contribution in [2.45, 2.75) is 231 Å². The second-order valence-electron chi connectivity index (χ2n) is 20.4. The van der Waals surface area contributed by atoms with Crippen molar-refractivity contribution >= 4 is 0 Å². The molecule has 0 radical (unpaired) electrons. The van der Waals surface area contributed by atoms with Crippen molar-refractivity contribution in [3.8, 4) is 0 Å². The van der Waals surface area contributed by atoms with Crippen molar-refractivity contribution in [3.63, 3.8) is 0 Å². The Kier molecular flexibility index (Phi) is 13.9. The van der Waals surface area contributed by atoms with Crippen molar-refractivity contribution in [2.24, 2.45) is 47.3 Å². The quantitative estimate of drug-likeness (QED) is 0.243. The summed E-state index contributed by atoms with van der Waals surface area (Å²) in [6.07, 6.45) is 44.1. The topological polar surface area (TPSA) is 18.5 Å². The van der Waals surface area contributed by atoms with Gasteiger partial charge in [-0.25, -0.2) is 0 Å². The van der Waals surface area contributed by atoms with E-state index in [2.05, 4.69) is 55.0 Å². The van der Waals surface area contributed by atoms with Gasteiger partial charge in [-0.05, 0) is 221 Å². The number of nitrogens with one attached hydrogen (secondary N) is 1. The molecule has 0 aromatic carbocycles. The van der Waals surface area contributed by atoms with Crippen LogP contribution in [0.2, 0.25) is 0 Å². The van der Waals surface area contributed by atoms with Gasteiger partial charge in [0, 0.05) is 30.2 Å². The van der Waals surface area contributed by atoms with E-state index in [1.54, 1.807) is 0 Å². The summed E-state index contributed by atoms with van der Waals surface area (Å²) in [6, 6.07) is 4.35. The minimum absolute atomic E-state index is 0.655. The summed E-state index contributed by atoms with van der Waals surface area (Å²) in [6.45, 7) is 11.3. The average molecular weight is 690 g/mol. The first kappa shape index (κ1) is 37.9. The fraction of sp³-hybridized carbons (Fsp3) is 0.957. The molecule has 0 aromatic heterocycles. The van der Waals surface area contributed by atoms with Crippen LogP contribution in [-0.2, 0) is 0 Å². The zero-order valence-corrected chi connectivity index (χ0v) is 33.7. The van der Waals surface area contributed by atoms with Gasteiger partial charge in [0.1, 0.15) is 0 Å². The number of hydrogen-bond donors (Lipinski definition) is 1. The monoisotopic (exact) mass is 690 g/mol. The highest BCUT2D eigenvalue weighted by atomic mass is 15.3. The van der Waals surface area contributed by atoms with Gasteiger partial charge >= 0.3 is 0 Å². The fourth-order valence-electron chi connectivity index (χ4n) is 13.1. The van der Waals surface area contributed by atoms with Gasteiger partial charge in [-0.2, -0.15) is 0 Å². The molecule has 0 amide bonds. The third kappa shape index (κ3) is 9.83.